The third kappa shape index (κ3) is 4.48. The van der Waals surface area contributed by atoms with Gasteiger partial charge in [0.05, 0.1) is 18.1 Å². The van der Waals surface area contributed by atoms with Crippen LogP contribution >= 0.6 is 0 Å². The highest BCUT2D eigenvalue weighted by Gasteiger charge is 2.20. The highest BCUT2D eigenvalue weighted by molar-refractivity contribution is 5.81. The van der Waals surface area contributed by atoms with Gasteiger partial charge in [-0.1, -0.05) is 45.0 Å². The number of rotatable bonds is 6. The lowest BCUT2D eigenvalue weighted by molar-refractivity contribution is -0.128. The summed E-state index contributed by atoms with van der Waals surface area (Å²) in [6, 6.07) is 16.2. The third-order valence-corrected chi connectivity index (χ3v) is 4.55. The molecule has 0 fully saturated rings. The second-order valence-electron chi connectivity index (χ2n) is 7.71. The van der Waals surface area contributed by atoms with E-state index in [0.717, 1.165) is 29.2 Å². The van der Waals surface area contributed by atoms with Gasteiger partial charge in [-0.2, -0.15) is 0 Å². The Balaban J connectivity index is 1.82. The van der Waals surface area contributed by atoms with Crippen molar-refractivity contribution in [2.24, 2.45) is 5.41 Å². The van der Waals surface area contributed by atoms with E-state index in [9.17, 15) is 4.79 Å². The molecule has 1 amide bonds. The quantitative estimate of drug-likeness (QED) is 0.723. The van der Waals surface area contributed by atoms with Gasteiger partial charge < -0.3 is 14.6 Å². The molecule has 0 saturated carbocycles. The van der Waals surface area contributed by atoms with Gasteiger partial charge in [-0.05, 0) is 29.8 Å². The van der Waals surface area contributed by atoms with E-state index in [1.807, 2.05) is 51.1 Å². The summed E-state index contributed by atoms with van der Waals surface area (Å²) in [6.07, 6.45) is 0.687. The molecule has 0 aliphatic rings. The third-order valence-electron chi connectivity index (χ3n) is 4.55. The summed E-state index contributed by atoms with van der Waals surface area (Å²) in [4.78, 5) is 16.9. The number of para-hydroxylation sites is 2. The first-order chi connectivity index (χ1) is 12.9. The molecule has 0 aliphatic carbocycles. The fraction of sp³-hybridized carbons (Fsp3) is 0.364. The van der Waals surface area contributed by atoms with Crippen LogP contribution < -0.4 is 10.1 Å². The Labute approximate surface area is 160 Å². The van der Waals surface area contributed by atoms with Crippen LogP contribution in [0.25, 0.3) is 11.0 Å². The lowest BCUT2D eigenvalue weighted by Crippen LogP contribution is -2.36. The number of ether oxygens (including phenoxy) is 1. The van der Waals surface area contributed by atoms with Crippen LogP contribution in [0.1, 0.15) is 32.2 Å². The molecule has 1 aromatic heterocycles. The standard InChI is InChI=1S/C22H27N3O2/c1-22(2,3)21(26)23-14-13-20-24-18-7-5-6-8-19(18)25(20)15-16-9-11-17(27-4)12-10-16/h5-12H,13-15H2,1-4H3,(H,23,26). The van der Waals surface area contributed by atoms with Gasteiger partial charge in [0.15, 0.2) is 0 Å². The zero-order valence-corrected chi connectivity index (χ0v) is 16.5. The highest BCUT2D eigenvalue weighted by atomic mass is 16.5. The molecule has 0 aliphatic heterocycles. The van der Waals surface area contributed by atoms with Crippen LogP contribution in [0, 0.1) is 5.41 Å². The van der Waals surface area contributed by atoms with Gasteiger partial charge in [0, 0.05) is 24.9 Å². The number of amides is 1. The summed E-state index contributed by atoms with van der Waals surface area (Å²) in [5.41, 5.74) is 2.87. The second-order valence-corrected chi connectivity index (χ2v) is 7.71. The fourth-order valence-corrected chi connectivity index (χ4v) is 2.96. The molecular weight excluding hydrogens is 338 g/mol. The van der Waals surface area contributed by atoms with Gasteiger partial charge in [0.2, 0.25) is 5.91 Å². The monoisotopic (exact) mass is 365 g/mol. The van der Waals surface area contributed by atoms with Gasteiger partial charge in [0.25, 0.3) is 0 Å². The molecule has 5 heteroatoms. The lowest BCUT2D eigenvalue weighted by atomic mass is 9.96. The normalized spacial score (nSPS) is 11.6. The molecule has 0 atom stereocenters. The van der Waals surface area contributed by atoms with E-state index in [0.29, 0.717) is 13.0 Å². The van der Waals surface area contributed by atoms with Crippen molar-refractivity contribution in [3.05, 3.63) is 59.9 Å². The van der Waals surface area contributed by atoms with Crippen molar-refractivity contribution < 1.29 is 9.53 Å². The SMILES string of the molecule is COc1ccc(Cn2c(CCNC(=O)C(C)(C)C)nc3ccccc32)cc1. The average molecular weight is 365 g/mol. The Morgan fingerprint density at radius 1 is 1.11 bits per heavy atom. The van der Waals surface area contributed by atoms with Crippen molar-refractivity contribution in [3.63, 3.8) is 0 Å². The zero-order chi connectivity index (χ0) is 19.4. The number of imidazole rings is 1. The Kier molecular flexibility index (Phi) is 5.49. The number of hydrogen-bond donors (Lipinski definition) is 1. The molecule has 0 radical (unpaired) electrons. The van der Waals surface area contributed by atoms with E-state index in [2.05, 4.69) is 28.1 Å². The molecule has 3 rings (SSSR count). The molecule has 5 nitrogen and oxygen atoms in total. The lowest BCUT2D eigenvalue weighted by Gasteiger charge is -2.17. The van der Waals surface area contributed by atoms with Gasteiger partial charge in [-0.15, -0.1) is 0 Å². The van der Waals surface area contributed by atoms with Crippen molar-refractivity contribution in [2.45, 2.75) is 33.7 Å². The van der Waals surface area contributed by atoms with Gasteiger partial charge >= 0.3 is 0 Å². The molecule has 0 bridgehead atoms. The van der Waals surface area contributed by atoms with Gasteiger partial charge in [-0.3, -0.25) is 4.79 Å². The molecule has 0 unspecified atom stereocenters. The van der Waals surface area contributed by atoms with Crippen molar-refractivity contribution in [1.29, 1.82) is 0 Å². The maximum atomic E-state index is 12.1. The summed E-state index contributed by atoms with van der Waals surface area (Å²) in [6.45, 7) is 7.05. The molecule has 1 heterocycles. The number of hydrogen-bond acceptors (Lipinski definition) is 3. The molecule has 3 aromatic rings. The Hall–Kier alpha value is -2.82. The zero-order valence-electron chi connectivity index (χ0n) is 16.5. The largest absolute Gasteiger partial charge is 0.497 e. The van der Waals surface area contributed by atoms with Crippen molar-refractivity contribution in [1.82, 2.24) is 14.9 Å². The number of methoxy groups -OCH3 is 1. The first-order valence-corrected chi connectivity index (χ1v) is 9.24. The molecule has 2 aromatic carbocycles. The number of nitrogens with one attached hydrogen (secondary N) is 1. The Bertz CT molecular complexity index is 921. The van der Waals surface area contributed by atoms with E-state index in [-0.39, 0.29) is 11.3 Å². The van der Waals surface area contributed by atoms with E-state index >= 15 is 0 Å². The van der Waals surface area contributed by atoms with Crippen LogP contribution in [0.5, 0.6) is 5.75 Å². The fourth-order valence-electron chi connectivity index (χ4n) is 2.96. The number of carbonyl (C=O) groups is 1. The minimum absolute atomic E-state index is 0.0558. The maximum Gasteiger partial charge on any atom is 0.225 e. The summed E-state index contributed by atoms with van der Waals surface area (Å²) < 4.78 is 7.46. The highest BCUT2D eigenvalue weighted by Crippen LogP contribution is 2.20. The number of aromatic nitrogens is 2. The molecule has 142 valence electrons. The van der Waals surface area contributed by atoms with Crippen LogP contribution in [-0.2, 0) is 17.8 Å². The summed E-state index contributed by atoms with van der Waals surface area (Å²) >= 11 is 0. The first kappa shape index (κ1) is 19.0. The first-order valence-electron chi connectivity index (χ1n) is 9.24. The number of nitrogens with zero attached hydrogens (tertiary/aromatic N) is 2. The van der Waals surface area contributed by atoms with Crippen LogP contribution in [0.2, 0.25) is 0 Å². The summed E-state index contributed by atoms with van der Waals surface area (Å²) in [7, 11) is 1.67. The minimum atomic E-state index is -0.386. The number of carbonyl (C=O) groups excluding carboxylic acids is 1. The predicted octanol–water partition coefficient (Wildman–Crippen LogP) is 3.80. The predicted molar refractivity (Wildman–Crippen MR) is 108 cm³/mol. The van der Waals surface area contributed by atoms with Gasteiger partial charge in [0.1, 0.15) is 11.6 Å². The Morgan fingerprint density at radius 3 is 2.48 bits per heavy atom. The van der Waals surface area contributed by atoms with Crippen LogP contribution in [0.4, 0.5) is 0 Å². The van der Waals surface area contributed by atoms with Crippen molar-refractivity contribution in [2.75, 3.05) is 13.7 Å². The van der Waals surface area contributed by atoms with E-state index in [4.69, 9.17) is 9.72 Å². The van der Waals surface area contributed by atoms with E-state index in [1.54, 1.807) is 7.11 Å². The van der Waals surface area contributed by atoms with E-state index < -0.39 is 0 Å². The second kappa shape index (κ2) is 7.82. The molecular formula is C22H27N3O2. The Morgan fingerprint density at radius 2 is 1.81 bits per heavy atom. The molecule has 0 saturated heterocycles. The van der Waals surface area contributed by atoms with Crippen LogP contribution in [0.15, 0.2) is 48.5 Å². The van der Waals surface area contributed by atoms with Crippen LogP contribution in [0.3, 0.4) is 0 Å². The topological polar surface area (TPSA) is 56.1 Å². The van der Waals surface area contributed by atoms with Gasteiger partial charge in [-0.25, -0.2) is 4.98 Å². The average Bonchev–Trinajstić information content (AvgIpc) is 2.99. The molecule has 0 spiro atoms. The maximum absolute atomic E-state index is 12.1. The number of fused-ring (bicyclic) bond motifs is 1. The summed E-state index contributed by atoms with van der Waals surface area (Å²) in [5, 5.41) is 3.01. The van der Waals surface area contributed by atoms with Crippen molar-refractivity contribution >= 4 is 16.9 Å². The number of benzene rings is 2. The minimum Gasteiger partial charge on any atom is -0.497 e. The van der Waals surface area contributed by atoms with Crippen molar-refractivity contribution in [3.8, 4) is 5.75 Å². The summed E-state index contributed by atoms with van der Waals surface area (Å²) in [5.74, 6) is 1.88. The van der Waals surface area contributed by atoms with E-state index in [1.165, 1.54) is 5.56 Å². The smallest absolute Gasteiger partial charge is 0.225 e. The molecule has 27 heavy (non-hydrogen) atoms. The molecule has 1 N–H and O–H groups in total. The van der Waals surface area contributed by atoms with Crippen LogP contribution in [-0.4, -0.2) is 29.1 Å².